The number of nitrogens with one attached hydrogen (secondary N) is 2. The second-order valence-electron chi connectivity index (χ2n) is 3.20. The highest BCUT2D eigenvalue weighted by Gasteiger charge is 2.16. The first-order valence-electron chi connectivity index (χ1n) is 4.50. The minimum absolute atomic E-state index is 0.619. The van der Waals surface area contributed by atoms with Gasteiger partial charge < -0.3 is 10.6 Å². The smallest absolute Gasteiger partial charge is 0.0510 e. The summed E-state index contributed by atoms with van der Waals surface area (Å²) in [5, 5.41) is 6.76. The van der Waals surface area contributed by atoms with Gasteiger partial charge in [0.15, 0.2) is 0 Å². The van der Waals surface area contributed by atoms with E-state index in [9.17, 15) is 0 Å². The summed E-state index contributed by atoms with van der Waals surface area (Å²) in [5.41, 5.74) is 1.27. The molecule has 2 nitrogen and oxygen atoms in total. The monoisotopic (exact) mass is 194 g/mol. The van der Waals surface area contributed by atoms with Crippen LogP contribution < -0.4 is 10.6 Å². The molecule has 13 heavy (non-hydrogen) atoms. The Kier molecular flexibility index (Phi) is 2.76. The second kappa shape index (κ2) is 4.03. The molecule has 2 N–H and O–H groups in total. The van der Waals surface area contributed by atoms with Gasteiger partial charge in [-0.2, -0.15) is 0 Å². The van der Waals surface area contributed by atoms with E-state index in [1.807, 2.05) is 0 Å². The van der Waals surface area contributed by atoms with Gasteiger partial charge in [0.1, 0.15) is 0 Å². The summed E-state index contributed by atoms with van der Waals surface area (Å²) in [7, 11) is 0. The first-order valence-corrected chi connectivity index (χ1v) is 5.73. The number of thioether (sulfide) groups is 1. The summed E-state index contributed by atoms with van der Waals surface area (Å²) < 4.78 is 0. The molecule has 1 aliphatic rings. The van der Waals surface area contributed by atoms with Gasteiger partial charge in [0.05, 0.1) is 6.04 Å². The fourth-order valence-electron chi connectivity index (χ4n) is 1.37. The van der Waals surface area contributed by atoms with Gasteiger partial charge >= 0.3 is 0 Å². The summed E-state index contributed by atoms with van der Waals surface area (Å²) in [6.07, 6.45) is 2.11. The van der Waals surface area contributed by atoms with Crippen LogP contribution in [0.2, 0.25) is 0 Å². The number of para-hydroxylation sites is 1. The van der Waals surface area contributed by atoms with Gasteiger partial charge in [0.25, 0.3) is 0 Å². The van der Waals surface area contributed by atoms with Gasteiger partial charge in [-0.15, -0.1) is 11.8 Å². The van der Waals surface area contributed by atoms with Crippen molar-refractivity contribution in [2.24, 2.45) is 0 Å². The average molecular weight is 194 g/mol. The summed E-state index contributed by atoms with van der Waals surface area (Å²) in [4.78, 5) is 1.33. The quantitative estimate of drug-likeness (QED) is 0.717. The predicted octanol–water partition coefficient (Wildman–Crippen LogP) is 1.79. The lowest BCUT2D eigenvalue weighted by atomic mass is 10.1. The van der Waals surface area contributed by atoms with Crippen molar-refractivity contribution >= 4 is 17.4 Å². The Morgan fingerprint density at radius 3 is 2.77 bits per heavy atom. The summed E-state index contributed by atoms with van der Waals surface area (Å²) in [5.74, 6) is 0. The lowest BCUT2D eigenvalue weighted by Gasteiger charge is -2.29. The standard InChI is InChI=1S/C10H14N2S/c1-13-10-5-3-2-4-9(10)12-8-6-11-7-8/h2-5,8,11-12H,6-7H2,1H3. The van der Waals surface area contributed by atoms with Crippen LogP contribution in [0.5, 0.6) is 0 Å². The van der Waals surface area contributed by atoms with E-state index in [2.05, 4.69) is 41.2 Å². The molecule has 70 valence electrons. The van der Waals surface area contributed by atoms with Gasteiger partial charge in [0, 0.05) is 23.7 Å². The zero-order valence-corrected chi connectivity index (χ0v) is 8.53. The zero-order valence-electron chi connectivity index (χ0n) is 7.71. The SMILES string of the molecule is CSc1ccccc1NC1CNC1. The van der Waals surface area contributed by atoms with Crippen molar-refractivity contribution < 1.29 is 0 Å². The largest absolute Gasteiger partial charge is 0.379 e. The molecule has 2 rings (SSSR count). The molecule has 0 atom stereocenters. The van der Waals surface area contributed by atoms with Crippen LogP contribution in [0.4, 0.5) is 5.69 Å². The van der Waals surface area contributed by atoms with E-state index < -0.39 is 0 Å². The van der Waals surface area contributed by atoms with Crippen molar-refractivity contribution in [3.8, 4) is 0 Å². The van der Waals surface area contributed by atoms with Crippen LogP contribution in [0.25, 0.3) is 0 Å². The van der Waals surface area contributed by atoms with E-state index in [4.69, 9.17) is 0 Å². The van der Waals surface area contributed by atoms with Crippen LogP contribution in [0.1, 0.15) is 0 Å². The van der Waals surface area contributed by atoms with Gasteiger partial charge in [-0.05, 0) is 18.4 Å². The molecule has 0 saturated carbocycles. The Morgan fingerprint density at radius 1 is 1.38 bits per heavy atom. The van der Waals surface area contributed by atoms with Gasteiger partial charge in [-0.1, -0.05) is 12.1 Å². The molecule has 1 aromatic rings. The molecule has 1 aromatic carbocycles. The molecule has 1 fully saturated rings. The molecular weight excluding hydrogens is 180 g/mol. The van der Waals surface area contributed by atoms with Gasteiger partial charge in [-0.3, -0.25) is 0 Å². The van der Waals surface area contributed by atoms with Crippen LogP contribution in [0.3, 0.4) is 0 Å². The lowest BCUT2D eigenvalue weighted by Crippen LogP contribution is -2.51. The van der Waals surface area contributed by atoms with E-state index >= 15 is 0 Å². The molecular formula is C10H14N2S. The summed E-state index contributed by atoms with van der Waals surface area (Å²) >= 11 is 1.79. The molecule has 0 unspecified atom stereocenters. The van der Waals surface area contributed by atoms with Crippen LogP contribution in [0.15, 0.2) is 29.2 Å². The Labute approximate surface area is 83.1 Å². The van der Waals surface area contributed by atoms with E-state index in [0.717, 1.165) is 13.1 Å². The van der Waals surface area contributed by atoms with Crippen molar-refractivity contribution in [2.75, 3.05) is 24.7 Å². The van der Waals surface area contributed by atoms with Gasteiger partial charge in [-0.25, -0.2) is 0 Å². The van der Waals surface area contributed by atoms with Gasteiger partial charge in [0.2, 0.25) is 0 Å². The molecule has 0 radical (unpaired) electrons. The highest BCUT2D eigenvalue weighted by atomic mass is 32.2. The molecule has 1 aliphatic heterocycles. The van der Waals surface area contributed by atoms with E-state index in [-0.39, 0.29) is 0 Å². The molecule has 0 bridgehead atoms. The minimum Gasteiger partial charge on any atom is -0.379 e. The lowest BCUT2D eigenvalue weighted by molar-refractivity contribution is 0.471. The third-order valence-corrected chi connectivity index (χ3v) is 3.04. The predicted molar refractivity (Wildman–Crippen MR) is 58.5 cm³/mol. The molecule has 1 saturated heterocycles. The Hall–Kier alpha value is -0.670. The molecule has 0 amide bonds. The van der Waals surface area contributed by atoms with Crippen molar-refractivity contribution in [1.29, 1.82) is 0 Å². The van der Waals surface area contributed by atoms with Crippen molar-refractivity contribution in [1.82, 2.24) is 5.32 Å². The fraction of sp³-hybridized carbons (Fsp3) is 0.400. The number of anilines is 1. The Balaban J connectivity index is 2.08. The van der Waals surface area contributed by atoms with Crippen LogP contribution in [0, 0.1) is 0 Å². The van der Waals surface area contributed by atoms with Crippen LogP contribution >= 0.6 is 11.8 Å². The fourth-order valence-corrected chi connectivity index (χ4v) is 1.94. The Morgan fingerprint density at radius 2 is 2.15 bits per heavy atom. The molecule has 0 aromatic heterocycles. The number of benzene rings is 1. The second-order valence-corrected chi connectivity index (χ2v) is 4.05. The third kappa shape index (κ3) is 1.98. The van der Waals surface area contributed by atoms with Crippen molar-refractivity contribution in [2.45, 2.75) is 10.9 Å². The molecule has 1 heterocycles. The van der Waals surface area contributed by atoms with Crippen LogP contribution in [-0.4, -0.2) is 25.4 Å². The normalized spacial score (nSPS) is 16.7. The number of hydrogen-bond donors (Lipinski definition) is 2. The topological polar surface area (TPSA) is 24.1 Å². The molecule has 0 spiro atoms. The maximum Gasteiger partial charge on any atom is 0.0510 e. The maximum atomic E-state index is 3.51. The highest BCUT2D eigenvalue weighted by molar-refractivity contribution is 7.98. The van der Waals surface area contributed by atoms with Crippen LogP contribution in [-0.2, 0) is 0 Å². The summed E-state index contributed by atoms with van der Waals surface area (Å²) in [6, 6.07) is 9.07. The number of rotatable bonds is 3. The minimum atomic E-state index is 0.619. The van der Waals surface area contributed by atoms with E-state index in [1.165, 1.54) is 10.6 Å². The Bertz CT molecular complexity index is 284. The zero-order chi connectivity index (χ0) is 9.10. The highest BCUT2D eigenvalue weighted by Crippen LogP contribution is 2.25. The van der Waals surface area contributed by atoms with E-state index in [1.54, 1.807) is 11.8 Å². The maximum absolute atomic E-state index is 3.51. The van der Waals surface area contributed by atoms with E-state index in [0.29, 0.717) is 6.04 Å². The summed E-state index contributed by atoms with van der Waals surface area (Å²) in [6.45, 7) is 2.17. The molecule has 3 heteroatoms. The molecule has 0 aliphatic carbocycles. The van der Waals surface area contributed by atoms with Crippen molar-refractivity contribution in [3.05, 3.63) is 24.3 Å². The average Bonchev–Trinajstić information content (AvgIpc) is 2.12. The first-order chi connectivity index (χ1) is 6.40. The third-order valence-electron chi connectivity index (χ3n) is 2.25. The first kappa shape index (κ1) is 8.91. The van der Waals surface area contributed by atoms with Crippen molar-refractivity contribution in [3.63, 3.8) is 0 Å². The number of hydrogen-bond acceptors (Lipinski definition) is 3.